The number of oxazole rings is 1. The number of piperazine rings is 1. The lowest BCUT2D eigenvalue weighted by molar-refractivity contribution is -0.132. The molecule has 2 fully saturated rings. The number of aromatic nitrogens is 1. The van der Waals surface area contributed by atoms with Crippen LogP contribution in [0.4, 0.5) is 6.01 Å². The number of nitrogens with zero attached hydrogens (tertiary/aromatic N) is 4. The molecule has 0 bridgehead atoms. The Balaban J connectivity index is 1.26. The van der Waals surface area contributed by atoms with Gasteiger partial charge in [-0.05, 0) is 31.4 Å². The summed E-state index contributed by atoms with van der Waals surface area (Å²) < 4.78 is 5.86. The van der Waals surface area contributed by atoms with Crippen LogP contribution < -0.4 is 4.90 Å². The molecule has 6 nitrogen and oxygen atoms in total. The highest BCUT2D eigenvalue weighted by atomic mass is 16.4. The zero-order valence-electron chi connectivity index (χ0n) is 14.7. The molecule has 0 aliphatic carbocycles. The third-order valence-electron chi connectivity index (χ3n) is 5.28. The molecule has 1 amide bonds. The number of piperidine rings is 1. The molecule has 2 aromatic rings. The molecule has 0 unspecified atom stereocenters. The Hall–Kier alpha value is -2.08. The minimum absolute atomic E-state index is 0.320. The Morgan fingerprint density at radius 1 is 1.00 bits per heavy atom. The largest absolute Gasteiger partial charge is 0.423 e. The summed E-state index contributed by atoms with van der Waals surface area (Å²) in [4.78, 5) is 23.5. The van der Waals surface area contributed by atoms with Crippen LogP contribution in [0.2, 0.25) is 0 Å². The topological polar surface area (TPSA) is 52.8 Å². The number of benzene rings is 1. The van der Waals surface area contributed by atoms with Gasteiger partial charge in [0.05, 0.1) is 0 Å². The van der Waals surface area contributed by atoms with E-state index in [-0.39, 0.29) is 0 Å². The number of para-hydroxylation sites is 2. The van der Waals surface area contributed by atoms with Crippen LogP contribution in [0.5, 0.6) is 0 Å². The first-order chi connectivity index (χ1) is 12.3. The lowest BCUT2D eigenvalue weighted by atomic mass is 10.1. The molecule has 3 heterocycles. The minimum Gasteiger partial charge on any atom is -0.423 e. The van der Waals surface area contributed by atoms with Gasteiger partial charge in [0.15, 0.2) is 5.58 Å². The lowest BCUT2D eigenvalue weighted by Crippen LogP contribution is -2.47. The van der Waals surface area contributed by atoms with Crippen molar-refractivity contribution in [1.29, 1.82) is 0 Å². The maximum absolute atomic E-state index is 12.3. The number of hydrogen-bond acceptors (Lipinski definition) is 5. The Morgan fingerprint density at radius 2 is 1.76 bits per heavy atom. The number of hydrogen-bond donors (Lipinski definition) is 0. The summed E-state index contributed by atoms with van der Waals surface area (Å²) in [5, 5.41) is 0. The standard InChI is InChI=1S/C19H26N4O2/c24-18(22-9-4-1-5-10-22)8-11-21-12-14-23(15-13-21)19-20-16-6-2-3-7-17(16)25-19/h2-3,6-7H,1,4-5,8-15H2. The predicted octanol–water partition coefficient (Wildman–Crippen LogP) is 2.35. The molecule has 0 saturated carbocycles. The number of anilines is 1. The van der Waals surface area contributed by atoms with Gasteiger partial charge in [-0.25, -0.2) is 0 Å². The number of amides is 1. The van der Waals surface area contributed by atoms with E-state index in [0.29, 0.717) is 18.3 Å². The van der Waals surface area contributed by atoms with Gasteiger partial charge in [0.2, 0.25) is 5.91 Å². The fraction of sp³-hybridized carbons (Fsp3) is 0.579. The highest BCUT2D eigenvalue weighted by Gasteiger charge is 2.22. The van der Waals surface area contributed by atoms with E-state index < -0.39 is 0 Å². The average molecular weight is 342 g/mol. The first kappa shape index (κ1) is 16.4. The van der Waals surface area contributed by atoms with Gasteiger partial charge in [-0.15, -0.1) is 0 Å². The zero-order valence-corrected chi connectivity index (χ0v) is 14.7. The molecule has 0 radical (unpaired) electrons. The van der Waals surface area contributed by atoms with E-state index in [1.54, 1.807) is 0 Å². The van der Waals surface area contributed by atoms with Crippen LogP contribution in [0.15, 0.2) is 28.7 Å². The van der Waals surface area contributed by atoms with Crippen molar-refractivity contribution in [2.75, 3.05) is 50.7 Å². The van der Waals surface area contributed by atoms with Gasteiger partial charge in [0.1, 0.15) is 5.52 Å². The predicted molar refractivity (Wildman–Crippen MR) is 97.7 cm³/mol. The van der Waals surface area contributed by atoms with E-state index in [0.717, 1.165) is 69.8 Å². The van der Waals surface area contributed by atoms with Crippen molar-refractivity contribution in [2.45, 2.75) is 25.7 Å². The van der Waals surface area contributed by atoms with E-state index in [1.807, 2.05) is 29.2 Å². The van der Waals surface area contributed by atoms with Gasteiger partial charge in [-0.3, -0.25) is 9.69 Å². The Labute approximate surface area is 148 Å². The first-order valence-electron chi connectivity index (χ1n) is 9.40. The summed E-state index contributed by atoms with van der Waals surface area (Å²) in [7, 11) is 0. The second-order valence-corrected chi connectivity index (χ2v) is 6.98. The van der Waals surface area contributed by atoms with Gasteiger partial charge in [-0.1, -0.05) is 12.1 Å². The van der Waals surface area contributed by atoms with Crippen LogP contribution in [0, 0.1) is 0 Å². The van der Waals surface area contributed by atoms with E-state index in [4.69, 9.17) is 4.42 Å². The zero-order chi connectivity index (χ0) is 17.1. The van der Waals surface area contributed by atoms with E-state index >= 15 is 0 Å². The van der Waals surface area contributed by atoms with Crippen molar-refractivity contribution < 1.29 is 9.21 Å². The minimum atomic E-state index is 0.320. The first-order valence-corrected chi connectivity index (χ1v) is 9.40. The Morgan fingerprint density at radius 3 is 2.52 bits per heavy atom. The van der Waals surface area contributed by atoms with Gasteiger partial charge in [0, 0.05) is 52.2 Å². The molecule has 25 heavy (non-hydrogen) atoms. The molecule has 4 rings (SSSR count). The maximum atomic E-state index is 12.3. The summed E-state index contributed by atoms with van der Waals surface area (Å²) in [6.07, 6.45) is 4.23. The summed E-state index contributed by atoms with van der Waals surface area (Å²) in [6.45, 7) is 6.44. The van der Waals surface area contributed by atoms with Crippen LogP contribution in [-0.4, -0.2) is 66.5 Å². The monoisotopic (exact) mass is 342 g/mol. The SMILES string of the molecule is O=C(CCN1CCN(c2nc3ccccc3o2)CC1)N1CCCCC1. The quantitative estimate of drug-likeness (QED) is 0.854. The Kier molecular flexibility index (Phi) is 4.88. The molecule has 0 spiro atoms. The third kappa shape index (κ3) is 3.79. The number of likely N-dealkylation sites (tertiary alicyclic amines) is 1. The lowest BCUT2D eigenvalue weighted by Gasteiger charge is -2.34. The number of carbonyl (C=O) groups is 1. The molecular weight excluding hydrogens is 316 g/mol. The van der Waals surface area contributed by atoms with Crippen LogP contribution in [-0.2, 0) is 4.79 Å². The van der Waals surface area contributed by atoms with Crippen LogP contribution in [0.25, 0.3) is 11.1 Å². The van der Waals surface area contributed by atoms with Crippen LogP contribution in [0.1, 0.15) is 25.7 Å². The maximum Gasteiger partial charge on any atom is 0.298 e. The molecule has 2 saturated heterocycles. The molecule has 1 aromatic heterocycles. The number of fused-ring (bicyclic) bond motifs is 1. The normalized spacial score (nSPS) is 19.5. The number of rotatable bonds is 4. The van der Waals surface area contributed by atoms with Crippen LogP contribution >= 0.6 is 0 Å². The van der Waals surface area contributed by atoms with Gasteiger partial charge in [-0.2, -0.15) is 4.98 Å². The van der Waals surface area contributed by atoms with Crippen molar-refractivity contribution in [3.8, 4) is 0 Å². The second kappa shape index (κ2) is 7.44. The van der Waals surface area contributed by atoms with Crippen molar-refractivity contribution in [3.05, 3.63) is 24.3 Å². The van der Waals surface area contributed by atoms with E-state index in [2.05, 4.69) is 14.8 Å². The third-order valence-corrected chi connectivity index (χ3v) is 5.28. The highest BCUT2D eigenvalue weighted by Crippen LogP contribution is 2.22. The molecule has 2 aliphatic heterocycles. The second-order valence-electron chi connectivity index (χ2n) is 6.98. The van der Waals surface area contributed by atoms with Crippen molar-refractivity contribution in [3.63, 3.8) is 0 Å². The van der Waals surface area contributed by atoms with Crippen molar-refractivity contribution in [2.24, 2.45) is 0 Å². The molecule has 134 valence electrons. The van der Waals surface area contributed by atoms with E-state index in [1.165, 1.54) is 6.42 Å². The van der Waals surface area contributed by atoms with Gasteiger partial charge < -0.3 is 14.2 Å². The summed E-state index contributed by atoms with van der Waals surface area (Å²) in [5.74, 6) is 0.320. The Bertz CT molecular complexity index is 682. The molecule has 1 aromatic carbocycles. The fourth-order valence-corrected chi connectivity index (χ4v) is 3.71. The summed E-state index contributed by atoms with van der Waals surface area (Å²) in [6, 6.07) is 8.59. The van der Waals surface area contributed by atoms with Crippen LogP contribution in [0.3, 0.4) is 0 Å². The molecule has 6 heteroatoms. The molecular formula is C19H26N4O2. The van der Waals surface area contributed by atoms with Gasteiger partial charge in [0.25, 0.3) is 6.01 Å². The average Bonchev–Trinajstić information content (AvgIpc) is 3.11. The molecule has 2 aliphatic rings. The van der Waals surface area contributed by atoms with Crippen molar-refractivity contribution in [1.82, 2.24) is 14.8 Å². The van der Waals surface area contributed by atoms with E-state index in [9.17, 15) is 4.79 Å². The fourth-order valence-electron chi connectivity index (χ4n) is 3.71. The molecule has 0 atom stereocenters. The van der Waals surface area contributed by atoms with Crippen molar-refractivity contribution >= 4 is 23.0 Å². The van der Waals surface area contributed by atoms with Gasteiger partial charge >= 0.3 is 0 Å². The smallest absolute Gasteiger partial charge is 0.298 e. The summed E-state index contributed by atoms with van der Waals surface area (Å²) >= 11 is 0. The summed E-state index contributed by atoms with van der Waals surface area (Å²) in [5.41, 5.74) is 1.75. The number of carbonyl (C=O) groups excluding carboxylic acids is 1. The molecule has 0 N–H and O–H groups in total. The highest BCUT2D eigenvalue weighted by molar-refractivity contribution is 5.76.